The van der Waals surface area contributed by atoms with Crippen LogP contribution in [0.1, 0.15) is 5.56 Å². The van der Waals surface area contributed by atoms with Crippen LogP contribution in [-0.2, 0) is 6.42 Å². The minimum Gasteiger partial charge on any atom is -0.480 e. The predicted octanol–water partition coefficient (Wildman–Crippen LogP) is 1.95. The molecular formula is C13H13BrN4O. The van der Waals surface area contributed by atoms with Crippen LogP contribution in [0, 0.1) is 0 Å². The molecule has 0 fully saturated rings. The molecule has 1 N–H and O–H groups in total. The van der Waals surface area contributed by atoms with Crippen molar-refractivity contribution in [3.8, 4) is 5.88 Å². The van der Waals surface area contributed by atoms with Gasteiger partial charge in [-0.25, -0.2) is 9.97 Å². The summed E-state index contributed by atoms with van der Waals surface area (Å²) in [5.74, 6) is 1.55. The monoisotopic (exact) mass is 320 g/mol. The lowest BCUT2D eigenvalue weighted by atomic mass is 10.1. The van der Waals surface area contributed by atoms with Gasteiger partial charge in [-0.2, -0.15) is 0 Å². The Morgan fingerprint density at radius 1 is 1.42 bits per heavy atom. The van der Waals surface area contributed by atoms with Crippen molar-refractivity contribution in [2.75, 3.05) is 20.2 Å². The lowest BCUT2D eigenvalue weighted by molar-refractivity contribution is 0.397. The number of fused-ring (bicyclic) bond motifs is 1. The maximum atomic E-state index is 5.08. The van der Waals surface area contributed by atoms with Gasteiger partial charge in [0.05, 0.1) is 25.4 Å². The molecule has 0 saturated heterocycles. The maximum absolute atomic E-state index is 5.08. The first-order valence-electron chi connectivity index (χ1n) is 6.03. The van der Waals surface area contributed by atoms with Crippen LogP contribution < -0.4 is 10.1 Å². The van der Waals surface area contributed by atoms with Gasteiger partial charge in [0.15, 0.2) is 0 Å². The Kier molecular flexibility index (Phi) is 3.33. The number of ether oxygens (including phenoxy) is 1. The highest BCUT2D eigenvalue weighted by Gasteiger charge is 2.12. The number of aliphatic imine (C=N–C) groups is 1. The van der Waals surface area contributed by atoms with Gasteiger partial charge >= 0.3 is 0 Å². The average Bonchev–Trinajstić information content (AvgIpc) is 2.94. The van der Waals surface area contributed by atoms with Crippen molar-refractivity contribution in [3.63, 3.8) is 0 Å². The molecule has 5 nitrogen and oxygen atoms in total. The molecule has 1 aliphatic rings. The van der Waals surface area contributed by atoms with E-state index >= 15 is 0 Å². The standard InChI is InChI=1S/C13H13BrN4O/c1-19-11-7-17-13-9(18-11)3-2-8(12(13)14)6-10-15-4-5-16-10/h2-3,7H,4-6H2,1H3,(H,15,16). The Hall–Kier alpha value is -1.69. The van der Waals surface area contributed by atoms with Crippen LogP contribution in [0.3, 0.4) is 0 Å². The highest BCUT2D eigenvalue weighted by Crippen LogP contribution is 2.27. The molecule has 6 heteroatoms. The minimum absolute atomic E-state index is 0.522. The van der Waals surface area contributed by atoms with Gasteiger partial charge in [-0.05, 0) is 27.6 Å². The lowest BCUT2D eigenvalue weighted by Crippen LogP contribution is -2.20. The van der Waals surface area contributed by atoms with Crippen molar-refractivity contribution in [1.82, 2.24) is 15.3 Å². The molecule has 19 heavy (non-hydrogen) atoms. The highest BCUT2D eigenvalue weighted by atomic mass is 79.9. The number of methoxy groups -OCH3 is 1. The Morgan fingerprint density at radius 2 is 2.32 bits per heavy atom. The molecule has 0 spiro atoms. The molecule has 0 unspecified atom stereocenters. The Morgan fingerprint density at radius 3 is 3.05 bits per heavy atom. The number of halogens is 1. The van der Waals surface area contributed by atoms with Crippen molar-refractivity contribution in [2.45, 2.75) is 6.42 Å². The van der Waals surface area contributed by atoms with Crippen LogP contribution in [0.2, 0.25) is 0 Å². The van der Waals surface area contributed by atoms with E-state index in [1.54, 1.807) is 13.3 Å². The van der Waals surface area contributed by atoms with E-state index in [0.717, 1.165) is 46.4 Å². The molecule has 1 aromatic carbocycles. The summed E-state index contributed by atoms with van der Waals surface area (Å²) < 4.78 is 6.05. The Balaban J connectivity index is 2.00. The normalized spacial score (nSPS) is 14.3. The number of rotatable bonds is 3. The number of nitrogens with one attached hydrogen (secondary N) is 1. The van der Waals surface area contributed by atoms with Crippen LogP contribution in [-0.4, -0.2) is 36.0 Å². The first-order chi connectivity index (χ1) is 9.28. The molecular weight excluding hydrogens is 308 g/mol. The maximum Gasteiger partial charge on any atom is 0.232 e. The second-order valence-electron chi connectivity index (χ2n) is 4.25. The predicted molar refractivity (Wildman–Crippen MR) is 77.8 cm³/mol. The van der Waals surface area contributed by atoms with Gasteiger partial charge in [0, 0.05) is 17.4 Å². The van der Waals surface area contributed by atoms with E-state index in [-0.39, 0.29) is 0 Å². The molecule has 2 aromatic rings. The van der Waals surface area contributed by atoms with Crippen molar-refractivity contribution in [1.29, 1.82) is 0 Å². The summed E-state index contributed by atoms with van der Waals surface area (Å²) in [7, 11) is 1.59. The molecule has 0 saturated carbocycles. The number of benzene rings is 1. The molecule has 0 amide bonds. The van der Waals surface area contributed by atoms with Crippen LogP contribution in [0.4, 0.5) is 0 Å². The van der Waals surface area contributed by atoms with E-state index in [0.29, 0.717) is 5.88 Å². The smallest absolute Gasteiger partial charge is 0.232 e. The van der Waals surface area contributed by atoms with Gasteiger partial charge in [0.2, 0.25) is 5.88 Å². The third kappa shape index (κ3) is 2.40. The molecule has 1 aromatic heterocycles. The Bertz CT molecular complexity index is 656. The van der Waals surface area contributed by atoms with Crippen LogP contribution in [0.5, 0.6) is 5.88 Å². The first-order valence-corrected chi connectivity index (χ1v) is 6.82. The number of hydrogen-bond donors (Lipinski definition) is 1. The topological polar surface area (TPSA) is 59.4 Å². The number of amidine groups is 1. The molecule has 2 heterocycles. The molecule has 0 aliphatic carbocycles. The lowest BCUT2D eigenvalue weighted by Gasteiger charge is -2.08. The van der Waals surface area contributed by atoms with Gasteiger partial charge in [0.1, 0.15) is 11.4 Å². The van der Waals surface area contributed by atoms with Crippen molar-refractivity contribution in [2.24, 2.45) is 4.99 Å². The zero-order valence-corrected chi connectivity index (χ0v) is 12.1. The van der Waals surface area contributed by atoms with Gasteiger partial charge < -0.3 is 10.1 Å². The van der Waals surface area contributed by atoms with E-state index in [1.165, 1.54) is 0 Å². The molecule has 0 bridgehead atoms. The molecule has 98 valence electrons. The molecule has 1 aliphatic heterocycles. The summed E-state index contributed by atoms with van der Waals surface area (Å²) in [5.41, 5.74) is 2.81. The number of aromatic nitrogens is 2. The van der Waals surface area contributed by atoms with Crippen LogP contribution in [0.15, 0.2) is 27.8 Å². The van der Waals surface area contributed by atoms with Crippen molar-refractivity contribution < 1.29 is 4.74 Å². The summed E-state index contributed by atoms with van der Waals surface area (Å²) in [4.78, 5) is 13.2. The third-order valence-corrected chi connectivity index (χ3v) is 3.90. The summed E-state index contributed by atoms with van der Waals surface area (Å²) in [6.07, 6.45) is 2.41. The van der Waals surface area contributed by atoms with Gasteiger partial charge in [-0.15, -0.1) is 0 Å². The fraction of sp³-hybridized carbons (Fsp3) is 0.308. The Labute approximate surface area is 119 Å². The second kappa shape index (κ2) is 5.13. The third-order valence-electron chi connectivity index (χ3n) is 3.02. The van der Waals surface area contributed by atoms with Gasteiger partial charge in [0.25, 0.3) is 0 Å². The fourth-order valence-corrected chi connectivity index (χ4v) is 2.64. The minimum atomic E-state index is 0.522. The van der Waals surface area contributed by atoms with E-state index in [2.05, 4.69) is 36.2 Å². The summed E-state index contributed by atoms with van der Waals surface area (Å²) in [5, 5.41) is 3.27. The van der Waals surface area contributed by atoms with E-state index in [1.807, 2.05) is 12.1 Å². The van der Waals surface area contributed by atoms with Crippen LogP contribution in [0.25, 0.3) is 11.0 Å². The first kappa shape index (κ1) is 12.3. The zero-order chi connectivity index (χ0) is 13.2. The zero-order valence-electron chi connectivity index (χ0n) is 10.5. The number of nitrogens with zero attached hydrogens (tertiary/aromatic N) is 3. The SMILES string of the molecule is COc1cnc2c(Br)c(CC3=NCCN3)ccc2n1. The van der Waals surface area contributed by atoms with Crippen molar-refractivity contribution >= 4 is 32.8 Å². The highest BCUT2D eigenvalue weighted by molar-refractivity contribution is 9.10. The quantitative estimate of drug-likeness (QED) is 0.939. The van der Waals surface area contributed by atoms with Crippen LogP contribution >= 0.6 is 15.9 Å². The largest absolute Gasteiger partial charge is 0.480 e. The average molecular weight is 321 g/mol. The fourth-order valence-electron chi connectivity index (χ4n) is 2.06. The van der Waals surface area contributed by atoms with Gasteiger partial charge in [-0.3, -0.25) is 4.99 Å². The molecule has 0 radical (unpaired) electrons. The number of hydrogen-bond acceptors (Lipinski definition) is 5. The summed E-state index contributed by atoms with van der Waals surface area (Å²) in [6, 6.07) is 4.00. The second-order valence-corrected chi connectivity index (χ2v) is 5.04. The summed E-state index contributed by atoms with van der Waals surface area (Å²) in [6.45, 7) is 1.79. The van der Waals surface area contributed by atoms with E-state index in [4.69, 9.17) is 4.74 Å². The van der Waals surface area contributed by atoms with Gasteiger partial charge in [-0.1, -0.05) is 6.07 Å². The molecule has 3 rings (SSSR count). The molecule has 0 atom stereocenters. The van der Waals surface area contributed by atoms with Crippen molar-refractivity contribution in [3.05, 3.63) is 28.4 Å². The van der Waals surface area contributed by atoms with E-state index < -0.39 is 0 Å². The summed E-state index contributed by atoms with van der Waals surface area (Å²) >= 11 is 3.61. The van der Waals surface area contributed by atoms with E-state index in [9.17, 15) is 0 Å².